The Balaban J connectivity index is 1.67. The maximum Gasteiger partial charge on any atom is 0.408 e. The Kier molecular flexibility index (Phi) is 11.6. The number of nitrogens with one attached hydrogen (secondary N) is 2. The molecule has 1 fully saturated rings. The minimum atomic E-state index is -1.30. The number of aromatic amines is 1. The van der Waals surface area contributed by atoms with E-state index in [2.05, 4.69) is 10.3 Å². The number of aromatic nitrogens is 1. The van der Waals surface area contributed by atoms with Crippen LogP contribution in [0.15, 0.2) is 42.1 Å². The smallest absolute Gasteiger partial charge is 0.408 e. The van der Waals surface area contributed by atoms with Crippen molar-refractivity contribution in [3.63, 3.8) is 0 Å². The third kappa shape index (κ3) is 7.75. The molecular formula is C34H50N2O11. The molecule has 2 bridgehead atoms. The Bertz CT molecular complexity index is 1310. The number of hydrogen-bond donors (Lipinski definition) is 5. The molecule has 0 saturated carbocycles. The second-order valence-electron chi connectivity index (χ2n) is 13.6. The third-order valence-electron chi connectivity index (χ3n) is 9.98. The highest BCUT2D eigenvalue weighted by Gasteiger charge is 2.57. The molecule has 11 atom stereocenters. The molecular weight excluding hydrogens is 612 g/mol. The first-order valence-electron chi connectivity index (χ1n) is 16.2. The lowest BCUT2D eigenvalue weighted by Gasteiger charge is -2.42. The van der Waals surface area contributed by atoms with Gasteiger partial charge in [-0.3, -0.25) is 0 Å². The first-order chi connectivity index (χ1) is 22.2. The number of aliphatic hydroxyl groups is 3. The molecule has 3 aliphatic rings. The summed E-state index contributed by atoms with van der Waals surface area (Å²) in [6, 6.07) is 3.32. The summed E-state index contributed by atoms with van der Waals surface area (Å²) >= 11 is 0. The summed E-state index contributed by atoms with van der Waals surface area (Å²) in [5.41, 5.74) is -1.03. The molecule has 1 aliphatic carbocycles. The minimum absolute atomic E-state index is 0.155. The topological polar surface area (TPSA) is 186 Å². The summed E-state index contributed by atoms with van der Waals surface area (Å²) in [5.74, 6) is -2.54. The van der Waals surface area contributed by atoms with Crippen molar-refractivity contribution in [2.45, 2.75) is 102 Å². The molecule has 1 aromatic heterocycles. The number of alkyl carbamates (subject to hydrolysis) is 1. The molecule has 1 aromatic rings. The number of cyclic esters (lactones) is 1. The summed E-state index contributed by atoms with van der Waals surface area (Å²) in [7, 11) is 1.43. The van der Waals surface area contributed by atoms with Crippen molar-refractivity contribution in [2.75, 3.05) is 20.3 Å². The molecule has 1 spiro atoms. The van der Waals surface area contributed by atoms with Gasteiger partial charge in [0.05, 0.1) is 30.5 Å². The van der Waals surface area contributed by atoms with E-state index in [4.69, 9.17) is 23.7 Å². The molecule has 1 amide bonds. The SMILES string of the molecule is CO[C@H]1C[C@H]2C=C[C@@H]3C[C@]2(O[C@H]3[C@H](OC(=O)c2ccc[nH]2)[C@H](C)[C@H](C)O)/C(C)=C/[C@@H](C)[C@@H]([C@@H](C)OC(=O)NC(C)(CO)CO)OC1=O. The van der Waals surface area contributed by atoms with Crippen LogP contribution in [0.1, 0.15) is 64.9 Å². The van der Waals surface area contributed by atoms with Gasteiger partial charge in [0.2, 0.25) is 0 Å². The van der Waals surface area contributed by atoms with E-state index in [0.717, 1.165) is 5.57 Å². The molecule has 0 unspecified atom stereocenters. The highest BCUT2D eigenvalue weighted by Crippen LogP contribution is 2.53. The number of ether oxygens (including phenoxy) is 5. The number of aliphatic hydroxyl groups excluding tert-OH is 3. The Morgan fingerprint density at radius 3 is 2.47 bits per heavy atom. The van der Waals surface area contributed by atoms with Crippen LogP contribution >= 0.6 is 0 Å². The number of methoxy groups -OCH3 is 1. The Morgan fingerprint density at radius 2 is 1.87 bits per heavy atom. The van der Waals surface area contributed by atoms with Crippen LogP contribution in [0.2, 0.25) is 0 Å². The molecule has 0 radical (unpaired) electrons. The molecule has 262 valence electrons. The number of carbonyl (C=O) groups excluding carboxylic acids is 3. The predicted molar refractivity (Wildman–Crippen MR) is 169 cm³/mol. The minimum Gasteiger partial charge on any atom is -0.456 e. The van der Waals surface area contributed by atoms with Crippen LogP contribution in [0.4, 0.5) is 4.79 Å². The monoisotopic (exact) mass is 662 g/mol. The van der Waals surface area contributed by atoms with Gasteiger partial charge in [-0.25, -0.2) is 14.4 Å². The fraction of sp³-hybridized carbons (Fsp3) is 0.676. The van der Waals surface area contributed by atoms with Crippen LogP contribution in [-0.4, -0.2) is 106 Å². The first-order valence-corrected chi connectivity index (χ1v) is 16.2. The largest absolute Gasteiger partial charge is 0.456 e. The molecule has 5 N–H and O–H groups in total. The summed E-state index contributed by atoms with van der Waals surface area (Å²) < 4.78 is 30.2. The van der Waals surface area contributed by atoms with Crippen molar-refractivity contribution in [1.29, 1.82) is 0 Å². The van der Waals surface area contributed by atoms with Gasteiger partial charge in [-0.15, -0.1) is 0 Å². The molecule has 1 saturated heterocycles. The fourth-order valence-electron chi connectivity index (χ4n) is 6.84. The molecule has 2 aliphatic heterocycles. The predicted octanol–water partition coefficient (Wildman–Crippen LogP) is 2.66. The maximum atomic E-state index is 13.5. The van der Waals surface area contributed by atoms with E-state index < -0.39 is 90.8 Å². The van der Waals surface area contributed by atoms with E-state index in [0.29, 0.717) is 12.1 Å². The standard InChI is InChI=1S/C34H50N2O11/c1-18-13-19(2)34-15-23(29(47-34)28(20(3)21(4)39)46-30(40)25-9-8-12-35-25)10-11-24(34)14-26(43-7)31(41)45-27(18)22(5)44-32(42)36-33(6,16-37)17-38/h8-13,18,20-24,26-29,35,37-39H,14-17H2,1-7H3,(H,36,42)/b19-13+/t18-,20-,21+,22-,23-,24-,26+,27+,28-,29-,34+/m1/s1. The molecule has 0 aromatic carbocycles. The van der Waals surface area contributed by atoms with Crippen molar-refractivity contribution in [3.05, 3.63) is 47.8 Å². The van der Waals surface area contributed by atoms with Crippen molar-refractivity contribution >= 4 is 18.0 Å². The summed E-state index contributed by atoms with van der Waals surface area (Å²) in [6.07, 6.45) is 2.56. The van der Waals surface area contributed by atoms with Gasteiger partial charge in [0.25, 0.3) is 0 Å². The van der Waals surface area contributed by atoms with Crippen LogP contribution in [-0.2, 0) is 28.5 Å². The highest BCUT2D eigenvalue weighted by atomic mass is 16.6. The number of fused-ring (bicyclic) bond motifs is 1. The summed E-state index contributed by atoms with van der Waals surface area (Å²) in [6.45, 7) is 9.31. The lowest BCUT2D eigenvalue weighted by atomic mass is 9.69. The number of hydrogen-bond acceptors (Lipinski definition) is 11. The second-order valence-corrected chi connectivity index (χ2v) is 13.6. The van der Waals surface area contributed by atoms with Crippen molar-refractivity contribution in [2.24, 2.45) is 23.7 Å². The average molecular weight is 663 g/mol. The second kappa shape index (κ2) is 14.9. The number of H-pyrrole nitrogens is 1. The van der Waals surface area contributed by atoms with Crippen molar-refractivity contribution < 1.29 is 53.4 Å². The van der Waals surface area contributed by atoms with E-state index in [1.807, 2.05) is 39.0 Å². The normalized spacial score (nSPS) is 32.9. The van der Waals surface area contributed by atoms with Gasteiger partial charge in [-0.05, 0) is 58.2 Å². The van der Waals surface area contributed by atoms with Crippen LogP contribution in [0, 0.1) is 23.7 Å². The van der Waals surface area contributed by atoms with E-state index in [1.165, 1.54) is 14.0 Å². The highest BCUT2D eigenvalue weighted by molar-refractivity contribution is 5.87. The Labute approximate surface area is 275 Å². The zero-order chi connectivity index (χ0) is 34.7. The summed E-state index contributed by atoms with van der Waals surface area (Å²) in [4.78, 5) is 42.2. The molecule has 47 heavy (non-hydrogen) atoms. The Hall–Kier alpha value is -3.23. The third-order valence-corrected chi connectivity index (χ3v) is 9.98. The van der Waals surface area contributed by atoms with E-state index >= 15 is 0 Å². The Morgan fingerprint density at radius 1 is 1.17 bits per heavy atom. The fourth-order valence-corrected chi connectivity index (χ4v) is 6.84. The zero-order valence-corrected chi connectivity index (χ0v) is 28.2. The molecule has 4 rings (SSSR count). The van der Waals surface area contributed by atoms with Crippen LogP contribution in [0.3, 0.4) is 0 Å². The lowest BCUT2D eigenvalue weighted by molar-refractivity contribution is -0.172. The zero-order valence-electron chi connectivity index (χ0n) is 28.2. The first kappa shape index (κ1) is 36.6. The molecule has 3 heterocycles. The van der Waals surface area contributed by atoms with Gasteiger partial charge >= 0.3 is 18.0 Å². The van der Waals surface area contributed by atoms with Crippen LogP contribution in [0.5, 0.6) is 0 Å². The number of carbonyl (C=O) groups is 3. The quantitative estimate of drug-likeness (QED) is 0.133. The van der Waals surface area contributed by atoms with Crippen LogP contribution in [0.25, 0.3) is 0 Å². The number of amides is 1. The molecule has 13 nitrogen and oxygen atoms in total. The average Bonchev–Trinajstić information content (AvgIpc) is 3.68. The van der Waals surface area contributed by atoms with Crippen molar-refractivity contribution in [3.8, 4) is 0 Å². The maximum absolute atomic E-state index is 13.5. The van der Waals surface area contributed by atoms with E-state index in [-0.39, 0.29) is 18.3 Å². The van der Waals surface area contributed by atoms with Gasteiger partial charge in [0, 0.05) is 37.0 Å². The van der Waals surface area contributed by atoms with Gasteiger partial charge in [-0.1, -0.05) is 32.1 Å². The van der Waals surface area contributed by atoms with Gasteiger partial charge in [0.1, 0.15) is 30.1 Å². The van der Waals surface area contributed by atoms with Crippen LogP contribution < -0.4 is 5.32 Å². The van der Waals surface area contributed by atoms with Gasteiger partial charge < -0.3 is 49.3 Å². The number of rotatable bonds is 11. The molecule has 13 heteroatoms. The van der Waals surface area contributed by atoms with Gasteiger partial charge in [0.15, 0.2) is 6.10 Å². The summed E-state index contributed by atoms with van der Waals surface area (Å²) in [5, 5.41) is 32.2. The lowest BCUT2D eigenvalue weighted by Crippen LogP contribution is -2.53. The van der Waals surface area contributed by atoms with E-state index in [1.54, 1.807) is 32.2 Å². The van der Waals surface area contributed by atoms with Gasteiger partial charge in [-0.2, -0.15) is 0 Å². The van der Waals surface area contributed by atoms with E-state index in [9.17, 15) is 29.7 Å². The number of esters is 2. The van der Waals surface area contributed by atoms with Crippen molar-refractivity contribution in [1.82, 2.24) is 10.3 Å².